The molecule has 1 unspecified atom stereocenters. The summed E-state index contributed by atoms with van der Waals surface area (Å²) >= 11 is 1.56. The Morgan fingerprint density at radius 3 is 2.89 bits per heavy atom. The molecule has 1 aromatic carbocycles. The Labute approximate surface area is 161 Å². The lowest BCUT2D eigenvalue weighted by atomic mass is 9.90. The van der Waals surface area contributed by atoms with Crippen LogP contribution in [0.2, 0.25) is 0 Å². The molecule has 0 spiro atoms. The summed E-state index contributed by atoms with van der Waals surface area (Å²) in [6.07, 6.45) is 2.35. The molecule has 1 aliphatic rings. The first-order chi connectivity index (χ1) is 12.9. The van der Waals surface area contributed by atoms with Crippen molar-refractivity contribution in [3.8, 4) is 0 Å². The number of fused-ring (bicyclic) bond motifs is 1. The van der Waals surface area contributed by atoms with E-state index in [4.69, 9.17) is 5.73 Å². The van der Waals surface area contributed by atoms with E-state index in [0.29, 0.717) is 5.75 Å². The van der Waals surface area contributed by atoms with Gasteiger partial charge in [-0.1, -0.05) is 29.8 Å². The SMILES string of the molecule is Cc1cccc(CSCC(=O)NC2CCCc3[nH]c(=O)c(C(N)=O)cc32)c1. The first-order valence-electron chi connectivity index (χ1n) is 8.92. The minimum atomic E-state index is -0.761. The molecule has 1 aliphatic carbocycles. The van der Waals surface area contributed by atoms with Gasteiger partial charge in [-0.2, -0.15) is 0 Å². The molecule has 2 aromatic rings. The van der Waals surface area contributed by atoms with Crippen LogP contribution in [0, 0.1) is 6.92 Å². The number of hydrogen-bond donors (Lipinski definition) is 3. The van der Waals surface area contributed by atoms with Gasteiger partial charge in [0, 0.05) is 11.4 Å². The van der Waals surface area contributed by atoms with Crippen molar-refractivity contribution < 1.29 is 9.59 Å². The summed E-state index contributed by atoms with van der Waals surface area (Å²) in [5.41, 5.74) is 8.69. The van der Waals surface area contributed by atoms with Crippen molar-refractivity contribution in [1.82, 2.24) is 10.3 Å². The number of rotatable bonds is 6. The van der Waals surface area contributed by atoms with Crippen molar-refractivity contribution in [3.05, 3.63) is 68.6 Å². The number of aromatic amines is 1. The Balaban J connectivity index is 1.63. The number of amides is 2. The predicted octanol–water partition coefficient (Wildman–Crippen LogP) is 2.21. The van der Waals surface area contributed by atoms with Crippen LogP contribution in [0.5, 0.6) is 0 Å². The molecule has 27 heavy (non-hydrogen) atoms. The number of aromatic nitrogens is 1. The van der Waals surface area contributed by atoms with E-state index < -0.39 is 11.5 Å². The highest BCUT2D eigenvalue weighted by molar-refractivity contribution is 7.99. The highest BCUT2D eigenvalue weighted by atomic mass is 32.2. The van der Waals surface area contributed by atoms with Crippen molar-refractivity contribution in [2.45, 2.75) is 38.0 Å². The van der Waals surface area contributed by atoms with Gasteiger partial charge in [0.05, 0.1) is 11.8 Å². The first-order valence-corrected chi connectivity index (χ1v) is 10.1. The molecule has 1 aromatic heterocycles. The van der Waals surface area contributed by atoms with Gasteiger partial charge < -0.3 is 16.0 Å². The monoisotopic (exact) mass is 385 g/mol. The molecular weight excluding hydrogens is 362 g/mol. The number of thioether (sulfide) groups is 1. The van der Waals surface area contributed by atoms with Gasteiger partial charge in [0.1, 0.15) is 5.56 Å². The Hall–Kier alpha value is -2.54. The van der Waals surface area contributed by atoms with Crippen LogP contribution in [0.25, 0.3) is 0 Å². The van der Waals surface area contributed by atoms with Crippen molar-refractivity contribution in [1.29, 1.82) is 0 Å². The maximum Gasteiger partial charge on any atom is 0.261 e. The fourth-order valence-corrected chi connectivity index (χ4v) is 4.16. The topological polar surface area (TPSA) is 105 Å². The van der Waals surface area contributed by atoms with E-state index in [1.807, 2.05) is 19.1 Å². The lowest BCUT2D eigenvalue weighted by molar-refractivity contribution is -0.119. The molecule has 0 fully saturated rings. The van der Waals surface area contributed by atoms with E-state index >= 15 is 0 Å². The van der Waals surface area contributed by atoms with Gasteiger partial charge in [0.25, 0.3) is 11.5 Å². The summed E-state index contributed by atoms with van der Waals surface area (Å²) in [6.45, 7) is 2.05. The Bertz CT molecular complexity index is 923. The average molecular weight is 385 g/mol. The zero-order valence-corrected chi connectivity index (χ0v) is 16.0. The van der Waals surface area contributed by atoms with E-state index in [0.717, 1.165) is 36.3 Å². The van der Waals surface area contributed by atoms with E-state index in [1.165, 1.54) is 17.2 Å². The highest BCUT2D eigenvalue weighted by Gasteiger charge is 2.24. The van der Waals surface area contributed by atoms with E-state index in [9.17, 15) is 14.4 Å². The molecule has 7 heteroatoms. The van der Waals surface area contributed by atoms with E-state index in [-0.39, 0.29) is 17.5 Å². The van der Waals surface area contributed by atoms with Gasteiger partial charge in [-0.3, -0.25) is 14.4 Å². The third-order valence-electron chi connectivity index (χ3n) is 4.64. The molecular formula is C20H23N3O3S. The molecule has 4 N–H and O–H groups in total. The van der Waals surface area contributed by atoms with Crippen LogP contribution in [0.15, 0.2) is 35.1 Å². The summed E-state index contributed by atoms with van der Waals surface area (Å²) < 4.78 is 0. The van der Waals surface area contributed by atoms with Crippen molar-refractivity contribution >= 4 is 23.6 Å². The summed E-state index contributed by atoms with van der Waals surface area (Å²) in [6, 6.07) is 9.55. The third-order valence-corrected chi connectivity index (χ3v) is 5.64. The lowest BCUT2D eigenvalue weighted by Crippen LogP contribution is -2.34. The molecule has 0 aliphatic heterocycles. The Kier molecular flexibility index (Phi) is 6.01. The van der Waals surface area contributed by atoms with Crippen LogP contribution in [-0.4, -0.2) is 22.6 Å². The molecule has 142 valence electrons. The molecule has 1 heterocycles. The van der Waals surface area contributed by atoms with Crippen LogP contribution in [0.4, 0.5) is 0 Å². The maximum absolute atomic E-state index is 12.4. The Morgan fingerprint density at radius 2 is 2.15 bits per heavy atom. The maximum atomic E-state index is 12.4. The molecule has 3 rings (SSSR count). The van der Waals surface area contributed by atoms with Gasteiger partial charge in [-0.25, -0.2) is 0 Å². The minimum Gasteiger partial charge on any atom is -0.365 e. The molecule has 0 saturated carbocycles. The average Bonchev–Trinajstić information content (AvgIpc) is 2.61. The number of carbonyl (C=O) groups is 2. The normalized spacial score (nSPS) is 15.8. The van der Waals surface area contributed by atoms with Crippen molar-refractivity contribution in [3.63, 3.8) is 0 Å². The molecule has 0 radical (unpaired) electrons. The smallest absolute Gasteiger partial charge is 0.261 e. The highest BCUT2D eigenvalue weighted by Crippen LogP contribution is 2.28. The van der Waals surface area contributed by atoms with Gasteiger partial charge in [0.15, 0.2) is 0 Å². The minimum absolute atomic E-state index is 0.0580. The van der Waals surface area contributed by atoms with Crippen LogP contribution in [-0.2, 0) is 17.0 Å². The number of carbonyl (C=O) groups excluding carboxylic acids is 2. The number of hydrogen-bond acceptors (Lipinski definition) is 4. The Morgan fingerprint density at radius 1 is 1.33 bits per heavy atom. The van der Waals surface area contributed by atoms with E-state index in [1.54, 1.807) is 11.8 Å². The number of benzene rings is 1. The summed E-state index contributed by atoms with van der Waals surface area (Å²) in [4.78, 5) is 38.5. The standard InChI is InChI=1S/C20H23N3O3S/c1-12-4-2-5-13(8-12)10-27-11-18(24)22-16-6-3-7-17-14(16)9-15(19(21)25)20(26)23-17/h2,4-5,8-9,16H,3,6-7,10-11H2,1H3,(H2,21,25)(H,22,24)(H,23,26). The summed E-state index contributed by atoms with van der Waals surface area (Å²) in [5.74, 6) is 0.308. The lowest BCUT2D eigenvalue weighted by Gasteiger charge is -2.26. The summed E-state index contributed by atoms with van der Waals surface area (Å²) in [5, 5.41) is 3.02. The van der Waals surface area contributed by atoms with Crippen LogP contribution < -0.4 is 16.6 Å². The molecule has 2 amide bonds. The predicted molar refractivity (Wildman–Crippen MR) is 107 cm³/mol. The largest absolute Gasteiger partial charge is 0.365 e. The second-order valence-electron chi connectivity index (χ2n) is 6.80. The van der Waals surface area contributed by atoms with Gasteiger partial charge >= 0.3 is 0 Å². The number of pyridine rings is 1. The zero-order chi connectivity index (χ0) is 19.4. The number of aryl methyl sites for hydroxylation is 2. The number of nitrogens with two attached hydrogens (primary N) is 1. The second-order valence-corrected chi connectivity index (χ2v) is 7.79. The summed E-state index contributed by atoms with van der Waals surface area (Å²) in [7, 11) is 0. The third kappa shape index (κ3) is 4.80. The number of primary amides is 1. The molecule has 0 saturated heterocycles. The van der Waals surface area contributed by atoms with E-state index in [2.05, 4.69) is 22.4 Å². The molecule has 6 nitrogen and oxygen atoms in total. The fourth-order valence-electron chi connectivity index (χ4n) is 3.37. The van der Waals surface area contributed by atoms with Gasteiger partial charge in [0.2, 0.25) is 5.91 Å². The zero-order valence-electron chi connectivity index (χ0n) is 15.2. The molecule has 0 bridgehead atoms. The van der Waals surface area contributed by atoms with Crippen LogP contribution in [0.1, 0.15) is 51.6 Å². The van der Waals surface area contributed by atoms with Gasteiger partial charge in [-0.15, -0.1) is 11.8 Å². The van der Waals surface area contributed by atoms with Crippen molar-refractivity contribution in [2.24, 2.45) is 5.73 Å². The van der Waals surface area contributed by atoms with Crippen molar-refractivity contribution in [2.75, 3.05) is 5.75 Å². The van der Waals surface area contributed by atoms with Crippen LogP contribution >= 0.6 is 11.8 Å². The second kappa shape index (κ2) is 8.43. The van der Waals surface area contributed by atoms with Crippen LogP contribution in [0.3, 0.4) is 0 Å². The molecule has 1 atom stereocenters. The first kappa shape index (κ1) is 19.2. The number of nitrogens with one attached hydrogen (secondary N) is 2. The fraction of sp³-hybridized carbons (Fsp3) is 0.350. The number of H-pyrrole nitrogens is 1. The quantitative estimate of drug-likeness (QED) is 0.709. The van der Waals surface area contributed by atoms with Gasteiger partial charge in [-0.05, 0) is 43.4 Å².